The number of hydrogen-bond donors (Lipinski definition) is 1. The van der Waals surface area contributed by atoms with E-state index in [0.29, 0.717) is 23.6 Å². The van der Waals surface area contributed by atoms with Gasteiger partial charge in [0.1, 0.15) is 5.75 Å². The average Bonchev–Trinajstić information content (AvgIpc) is 2.89. The third kappa shape index (κ3) is 4.02. The standard InChI is InChI=1S/C16H22F2N2O3.ClH/c1-16(2)8-20(4-3-14(16)19)7-10-5-12-13(22-9-21-12)6-11(10)23-15(17)18;/h5-6,14-15H,3-4,7-9,19H2,1-2H3;1H. The lowest BCUT2D eigenvalue weighted by molar-refractivity contribution is -0.0510. The number of hydrogen-bond acceptors (Lipinski definition) is 5. The molecule has 0 spiro atoms. The van der Waals surface area contributed by atoms with Gasteiger partial charge in [-0.3, -0.25) is 4.90 Å². The van der Waals surface area contributed by atoms with Gasteiger partial charge in [0.15, 0.2) is 11.5 Å². The molecule has 0 saturated carbocycles. The summed E-state index contributed by atoms with van der Waals surface area (Å²) in [5.41, 5.74) is 6.80. The van der Waals surface area contributed by atoms with Crippen molar-refractivity contribution in [3.05, 3.63) is 17.7 Å². The summed E-state index contributed by atoms with van der Waals surface area (Å²) >= 11 is 0. The quantitative estimate of drug-likeness (QED) is 0.890. The van der Waals surface area contributed by atoms with Crippen LogP contribution in [0.3, 0.4) is 0 Å². The monoisotopic (exact) mass is 364 g/mol. The molecule has 0 bridgehead atoms. The predicted octanol–water partition coefficient (Wildman–Crippen LogP) is 3.00. The predicted molar refractivity (Wildman–Crippen MR) is 88.1 cm³/mol. The highest BCUT2D eigenvalue weighted by molar-refractivity contribution is 5.85. The zero-order valence-corrected chi connectivity index (χ0v) is 14.6. The van der Waals surface area contributed by atoms with Crippen molar-refractivity contribution in [1.82, 2.24) is 4.90 Å². The van der Waals surface area contributed by atoms with E-state index in [9.17, 15) is 8.78 Å². The Labute approximate surface area is 146 Å². The molecule has 3 rings (SSSR count). The Balaban J connectivity index is 0.00000208. The van der Waals surface area contributed by atoms with Crippen molar-refractivity contribution in [3.63, 3.8) is 0 Å². The molecule has 1 aromatic carbocycles. The molecule has 0 amide bonds. The second-order valence-corrected chi connectivity index (χ2v) is 6.79. The Hall–Kier alpha value is -1.31. The fraction of sp³-hybridized carbons (Fsp3) is 0.625. The van der Waals surface area contributed by atoms with E-state index in [1.54, 1.807) is 6.07 Å². The van der Waals surface area contributed by atoms with Crippen LogP contribution in [0.4, 0.5) is 8.78 Å². The normalized spacial score (nSPS) is 22.3. The SMILES string of the molecule is CC1(C)CN(Cc2cc3c(cc2OC(F)F)OCO3)CCC1N.Cl. The van der Waals surface area contributed by atoms with E-state index in [1.165, 1.54) is 6.07 Å². The van der Waals surface area contributed by atoms with Gasteiger partial charge >= 0.3 is 6.61 Å². The van der Waals surface area contributed by atoms with Crippen LogP contribution < -0.4 is 19.9 Å². The van der Waals surface area contributed by atoms with Gasteiger partial charge in [0.05, 0.1) is 0 Å². The number of benzene rings is 1. The maximum absolute atomic E-state index is 12.7. The number of ether oxygens (including phenoxy) is 3. The number of alkyl halides is 2. The van der Waals surface area contributed by atoms with E-state index in [4.69, 9.17) is 15.2 Å². The van der Waals surface area contributed by atoms with Crippen LogP contribution in [0.2, 0.25) is 0 Å². The number of rotatable bonds is 4. The lowest BCUT2D eigenvalue weighted by Crippen LogP contribution is -2.52. The number of halogens is 3. The van der Waals surface area contributed by atoms with E-state index >= 15 is 0 Å². The first-order valence-electron chi connectivity index (χ1n) is 7.70. The van der Waals surface area contributed by atoms with Crippen LogP contribution in [0.1, 0.15) is 25.8 Å². The zero-order chi connectivity index (χ0) is 16.6. The second kappa shape index (κ2) is 7.29. The molecule has 2 aliphatic rings. The zero-order valence-electron chi connectivity index (χ0n) is 13.8. The molecule has 24 heavy (non-hydrogen) atoms. The molecule has 1 fully saturated rings. The number of nitrogens with two attached hydrogens (primary N) is 1. The van der Waals surface area contributed by atoms with Crippen molar-refractivity contribution in [1.29, 1.82) is 0 Å². The number of fused-ring (bicyclic) bond motifs is 1. The van der Waals surface area contributed by atoms with Gasteiger partial charge in [-0.1, -0.05) is 13.8 Å². The van der Waals surface area contributed by atoms with Gasteiger partial charge in [-0.05, 0) is 17.9 Å². The van der Waals surface area contributed by atoms with Gasteiger partial charge in [-0.15, -0.1) is 12.4 Å². The van der Waals surface area contributed by atoms with Crippen LogP contribution in [0, 0.1) is 5.41 Å². The Kier molecular flexibility index (Phi) is 5.78. The molecule has 5 nitrogen and oxygen atoms in total. The largest absolute Gasteiger partial charge is 0.454 e. The van der Waals surface area contributed by atoms with Crippen LogP contribution in [-0.4, -0.2) is 37.4 Å². The van der Waals surface area contributed by atoms with E-state index in [2.05, 4.69) is 23.5 Å². The maximum atomic E-state index is 12.7. The summed E-state index contributed by atoms with van der Waals surface area (Å²) in [6, 6.07) is 3.35. The van der Waals surface area contributed by atoms with Gasteiger partial charge in [0.2, 0.25) is 6.79 Å². The molecular weight excluding hydrogens is 342 g/mol. The molecule has 1 saturated heterocycles. The molecule has 136 valence electrons. The van der Waals surface area contributed by atoms with Gasteiger partial charge in [-0.25, -0.2) is 0 Å². The van der Waals surface area contributed by atoms with Crippen molar-refractivity contribution in [2.45, 2.75) is 39.5 Å². The Bertz CT molecular complexity index is 587. The van der Waals surface area contributed by atoms with Gasteiger partial charge in [0.25, 0.3) is 0 Å². The Morgan fingerprint density at radius 2 is 2.00 bits per heavy atom. The molecule has 1 aromatic rings. The van der Waals surface area contributed by atoms with Gasteiger partial charge in [-0.2, -0.15) is 8.78 Å². The van der Waals surface area contributed by atoms with Crippen LogP contribution in [0.15, 0.2) is 12.1 Å². The number of piperidine rings is 1. The van der Waals surface area contributed by atoms with Gasteiger partial charge in [0, 0.05) is 37.3 Å². The van der Waals surface area contributed by atoms with E-state index in [1.807, 2.05) is 0 Å². The molecule has 8 heteroatoms. The van der Waals surface area contributed by atoms with Crippen molar-refractivity contribution < 1.29 is 23.0 Å². The minimum absolute atomic E-state index is 0. The van der Waals surface area contributed by atoms with E-state index in [0.717, 1.165) is 19.5 Å². The molecule has 0 aromatic heterocycles. The van der Waals surface area contributed by atoms with Crippen LogP contribution in [-0.2, 0) is 6.54 Å². The molecule has 2 N–H and O–H groups in total. The summed E-state index contributed by atoms with van der Waals surface area (Å²) in [6.45, 7) is 3.61. The van der Waals surface area contributed by atoms with Crippen LogP contribution >= 0.6 is 12.4 Å². The van der Waals surface area contributed by atoms with E-state index < -0.39 is 6.61 Å². The highest BCUT2D eigenvalue weighted by Gasteiger charge is 2.34. The fourth-order valence-corrected chi connectivity index (χ4v) is 3.16. The molecular formula is C16H23ClF2N2O3. The first-order chi connectivity index (χ1) is 10.8. The fourth-order valence-electron chi connectivity index (χ4n) is 3.16. The lowest BCUT2D eigenvalue weighted by Gasteiger charge is -2.42. The minimum atomic E-state index is -2.87. The summed E-state index contributed by atoms with van der Waals surface area (Å²) in [4.78, 5) is 2.21. The second-order valence-electron chi connectivity index (χ2n) is 6.79. The average molecular weight is 365 g/mol. The third-order valence-electron chi connectivity index (χ3n) is 4.56. The van der Waals surface area contributed by atoms with Crippen LogP contribution in [0.25, 0.3) is 0 Å². The molecule has 2 aliphatic heterocycles. The van der Waals surface area contributed by atoms with Crippen molar-refractivity contribution in [2.75, 3.05) is 19.9 Å². The molecule has 0 radical (unpaired) electrons. The number of likely N-dealkylation sites (tertiary alicyclic amines) is 1. The molecule has 2 heterocycles. The smallest absolute Gasteiger partial charge is 0.387 e. The summed E-state index contributed by atoms with van der Waals surface area (Å²) in [7, 11) is 0. The first-order valence-corrected chi connectivity index (χ1v) is 7.70. The first kappa shape index (κ1) is 19.0. The lowest BCUT2D eigenvalue weighted by atomic mass is 9.79. The van der Waals surface area contributed by atoms with Crippen molar-refractivity contribution in [3.8, 4) is 17.2 Å². The highest BCUT2D eigenvalue weighted by Crippen LogP contribution is 2.40. The number of nitrogens with zero attached hydrogens (tertiary/aromatic N) is 1. The van der Waals surface area contributed by atoms with E-state index in [-0.39, 0.29) is 36.4 Å². The van der Waals surface area contributed by atoms with Crippen molar-refractivity contribution in [2.24, 2.45) is 11.1 Å². The van der Waals surface area contributed by atoms with Crippen molar-refractivity contribution >= 4 is 12.4 Å². The summed E-state index contributed by atoms with van der Waals surface area (Å²) in [5, 5.41) is 0. The Morgan fingerprint density at radius 1 is 1.33 bits per heavy atom. The molecule has 1 atom stereocenters. The summed E-state index contributed by atoms with van der Waals surface area (Å²) in [5.74, 6) is 1.14. The third-order valence-corrected chi connectivity index (χ3v) is 4.56. The summed E-state index contributed by atoms with van der Waals surface area (Å²) < 4.78 is 40.6. The Morgan fingerprint density at radius 3 is 2.62 bits per heavy atom. The van der Waals surface area contributed by atoms with Gasteiger partial charge < -0.3 is 19.9 Å². The molecule has 0 aliphatic carbocycles. The minimum Gasteiger partial charge on any atom is -0.454 e. The highest BCUT2D eigenvalue weighted by atomic mass is 35.5. The van der Waals surface area contributed by atoms with Crippen LogP contribution in [0.5, 0.6) is 17.2 Å². The summed E-state index contributed by atoms with van der Waals surface area (Å²) in [6.07, 6.45) is 0.878. The maximum Gasteiger partial charge on any atom is 0.387 e. The topological polar surface area (TPSA) is 57.0 Å². The molecule has 1 unspecified atom stereocenters.